The molecule has 198 valence electrons. The van der Waals surface area contributed by atoms with E-state index >= 15 is 0 Å². The molecule has 2 aromatic carbocycles. The fraction of sp³-hybridized carbons (Fsp3) is 0.393. The van der Waals surface area contributed by atoms with Crippen LogP contribution in [0.25, 0.3) is 0 Å². The molecule has 3 aromatic rings. The van der Waals surface area contributed by atoms with E-state index in [0.29, 0.717) is 22.8 Å². The molecule has 2 atom stereocenters. The summed E-state index contributed by atoms with van der Waals surface area (Å²) in [6.45, 7) is 5.65. The maximum Gasteiger partial charge on any atom is 0.251 e. The Morgan fingerprint density at radius 1 is 0.892 bits per heavy atom. The van der Waals surface area contributed by atoms with Crippen LogP contribution in [0.5, 0.6) is 23.0 Å². The molecule has 2 heterocycles. The lowest BCUT2D eigenvalue weighted by molar-refractivity contribution is 0.0890. The Hall–Kier alpha value is -3.43. The van der Waals surface area contributed by atoms with Crippen LogP contribution in [0.4, 0.5) is 5.69 Å². The summed E-state index contributed by atoms with van der Waals surface area (Å²) in [5, 5.41) is 5.31. The van der Waals surface area contributed by atoms with Gasteiger partial charge in [0, 0.05) is 48.3 Å². The Morgan fingerprint density at radius 2 is 1.54 bits per heavy atom. The lowest BCUT2D eigenvalue weighted by atomic mass is 10.0. The Morgan fingerprint density at radius 3 is 2.05 bits per heavy atom. The van der Waals surface area contributed by atoms with Gasteiger partial charge in [0.25, 0.3) is 5.91 Å². The van der Waals surface area contributed by atoms with Gasteiger partial charge in [-0.25, -0.2) is 0 Å². The summed E-state index contributed by atoms with van der Waals surface area (Å²) in [7, 11) is 6.31. The molecule has 9 heteroatoms. The third-order valence-corrected chi connectivity index (χ3v) is 7.68. The monoisotopic (exact) mass is 525 g/mol. The second kappa shape index (κ2) is 12.2. The van der Waals surface area contributed by atoms with Crippen molar-refractivity contribution in [1.82, 2.24) is 10.2 Å². The predicted molar refractivity (Wildman–Crippen MR) is 147 cm³/mol. The van der Waals surface area contributed by atoms with Crippen molar-refractivity contribution >= 4 is 22.9 Å². The van der Waals surface area contributed by atoms with Crippen LogP contribution in [0.2, 0.25) is 0 Å². The number of carbonyl (C=O) groups is 1. The zero-order valence-electron chi connectivity index (χ0n) is 22.0. The number of nitrogens with zero attached hydrogens (tertiary/aromatic N) is 2. The molecule has 1 aliphatic rings. The summed E-state index contributed by atoms with van der Waals surface area (Å²) < 4.78 is 21.6. The largest absolute Gasteiger partial charge is 0.497 e. The van der Waals surface area contributed by atoms with Gasteiger partial charge in [-0.2, -0.15) is 0 Å². The lowest BCUT2D eigenvalue weighted by Crippen LogP contribution is -2.52. The molecule has 1 fully saturated rings. The van der Waals surface area contributed by atoms with Crippen LogP contribution in [0, 0.1) is 0 Å². The number of benzene rings is 2. The number of hydrogen-bond acceptors (Lipinski definition) is 8. The molecule has 1 aliphatic heterocycles. The second-order valence-corrected chi connectivity index (χ2v) is 9.84. The van der Waals surface area contributed by atoms with Crippen molar-refractivity contribution < 1.29 is 23.7 Å². The van der Waals surface area contributed by atoms with Gasteiger partial charge < -0.3 is 29.2 Å². The van der Waals surface area contributed by atoms with Crippen molar-refractivity contribution in [3.05, 3.63) is 64.4 Å². The zero-order valence-corrected chi connectivity index (χ0v) is 22.8. The highest BCUT2D eigenvalue weighted by Gasteiger charge is 2.31. The number of methoxy groups -OCH3 is 4. The Labute approximate surface area is 222 Å². The molecule has 0 saturated carbocycles. The first-order chi connectivity index (χ1) is 18.0. The second-order valence-electron chi connectivity index (χ2n) is 8.86. The van der Waals surface area contributed by atoms with Gasteiger partial charge in [-0.15, -0.1) is 11.3 Å². The third-order valence-electron chi connectivity index (χ3n) is 6.74. The lowest BCUT2D eigenvalue weighted by Gasteiger charge is -2.42. The van der Waals surface area contributed by atoms with Crippen molar-refractivity contribution in [2.75, 3.05) is 59.5 Å². The van der Waals surface area contributed by atoms with Crippen molar-refractivity contribution in [2.45, 2.75) is 19.0 Å². The van der Waals surface area contributed by atoms with Crippen LogP contribution in [0.3, 0.4) is 0 Å². The maximum absolute atomic E-state index is 13.3. The van der Waals surface area contributed by atoms with Crippen LogP contribution >= 0.6 is 11.3 Å². The molecule has 1 aromatic heterocycles. The zero-order chi connectivity index (χ0) is 26.4. The number of carbonyl (C=O) groups excluding carboxylic acids is 1. The van der Waals surface area contributed by atoms with E-state index in [1.54, 1.807) is 51.9 Å². The van der Waals surface area contributed by atoms with Gasteiger partial charge in [-0.05, 0) is 54.8 Å². The van der Waals surface area contributed by atoms with E-state index in [1.807, 2.05) is 12.1 Å². The summed E-state index contributed by atoms with van der Waals surface area (Å²) in [5.41, 5.74) is 1.65. The molecule has 0 spiro atoms. The number of anilines is 1. The first kappa shape index (κ1) is 26.6. The summed E-state index contributed by atoms with van der Waals surface area (Å²) in [5.74, 6) is 2.02. The number of nitrogens with one attached hydrogen (secondary N) is 1. The van der Waals surface area contributed by atoms with Crippen LogP contribution in [0.1, 0.15) is 28.2 Å². The Bertz CT molecular complexity index is 1140. The molecular weight excluding hydrogens is 490 g/mol. The van der Waals surface area contributed by atoms with E-state index in [2.05, 4.69) is 51.7 Å². The molecular formula is C28H35N3O5S. The number of amides is 1. The molecule has 0 aliphatic carbocycles. The minimum absolute atomic E-state index is 0.0593. The van der Waals surface area contributed by atoms with Crippen LogP contribution in [0.15, 0.2) is 53.9 Å². The normalized spacial score (nSPS) is 15.5. The van der Waals surface area contributed by atoms with Crippen LogP contribution in [-0.2, 0) is 0 Å². The molecule has 1 saturated heterocycles. The Balaban J connectivity index is 1.49. The Kier molecular flexibility index (Phi) is 8.78. The average molecular weight is 526 g/mol. The number of piperazine rings is 1. The third kappa shape index (κ3) is 5.94. The molecule has 4 rings (SSSR count). The van der Waals surface area contributed by atoms with E-state index in [1.165, 1.54) is 10.6 Å². The van der Waals surface area contributed by atoms with Crippen molar-refractivity contribution in [2.24, 2.45) is 0 Å². The summed E-state index contributed by atoms with van der Waals surface area (Å²) in [6.07, 6.45) is 0. The fourth-order valence-electron chi connectivity index (χ4n) is 4.83. The topological polar surface area (TPSA) is 72.5 Å². The van der Waals surface area contributed by atoms with Crippen molar-refractivity contribution in [3.63, 3.8) is 0 Å². The number of thiophene rings is 1. The quantitative estimate of drug-likeness (QED) is 0.419. The van der Waals surface area contributed by atoms with E-state index < -0.39 is 0 Å². The number of rotatable bonds is 10. The van der Waals surface area contributed by atoms with E-state index in [9.17, 15) is 4.79 Å². The van der Waals surface area contributed by atoms with Gasteiger partial charge in [-0.3, -0.25) is 9.69 Å². The van der Waals surface area contributed by atoms with E-state index in [4.69, 9.17) is 18.9 Å². The molecule has 8 nitrogen and oxygen atoms in total. The molecule has 1 amide bonds. The minimum Gasteiger partial charge on any atom is -0.497 e. The van der Waals surface area contributed by atoms with E-state index in [0.717, 1.165) is 31.9 Å². The van der Waals surface area contributed by atoms with Crippen molar-refractivity contribution in [1.29, 1.82) is 0 Å². The molecule has 0 radical (unpaired) electrons. The minimum atomic E-state index is -0.190. The summed E-state index contributed by atoms with van der Waals surface area (Å²) in [6, 6.07) is 15.7. The molecule has 1 N–H and O–H groups in total. The highest BCUT2D eigenvalue weighted by molar-refractivity contribution is 7.10. The van der Waals surface area contributed by atoms with Gasteiger partial charge in [-0.1, -0.05) is 6.07 Å². The van der Waals surface area contributed by atoms with Crippen molar-refractivity contribution in [3.8, 4) is 23.0 Å². The summed E-state index contributed by atoms with van der Waals surface area (Å²) in [4.78, 5) is 19.4. The van der Waals surface area contributed by atoms with Gasteiger partial charge in [0.05, 0.1) is 34.5 Å². The standard InChI is InChI=1S/C28H35N3O5S/c1-19(29-28(32)20-17-23(34-3)27(36-5)24(18-20)35-4)26(25-7-6-16-37-25)31-14-12-30(13-15-31)21-8-10-22(33-2)11-9-21/h6-11,16-19,26H,12-15H2,1-5H3,(H,29,32). The van der Waals surface area contributed by atoms with Crippen LogP contribution in [-0.4, -0.2) is 71.5 Å². The van der Waals surface area contributed by atoms with Crippen LogP contribution < -0.4 is 29.2 Å². The average Bonchev–Trinajstić information content (AvgIpc) is 3.47. The first-order valence-electron chi connectivity index (χ1n) is 12.3. The highest BCUT2D eigenvalue weighted by Crippen LogP contribution is 2.38. The first-order valence-corrected chi connectivity index (χ1v) is 13.1. The fourth-order valence-corrected chi connectivity index (χ4v) is 5.80. The molecule has 37 heavy (non-hydrogen) atoms. The number of ether oxygens (including phenoxy) is 4. The maximum atomic E-state index is 13.3. The van der Waals surface area contributed by atoms with E-state index in [-0.39, 0.29) is 18.0 Å². The van der Waals surface area contributed by atoms with Gasteiger partial charge in [0.15, 0.2) is 11.5 Å². The van der Waals surface area contributed by atoms with Gasteiger partial charge in [0.2, 0.25) is 5.75 Å². The summed E-state index contributed by atoms with van der Waals surface area (Å²) >= 11 is 1.72. The predicted octanol–water partition coefficient (Wildman–Crippen LogP) is 4.46. The smallest absolute Gasteiger partial charge is 0.251 e. The van der Waals surface area contributed by atoms with Gasteiger partial charge >= 0.3 is 0 Å². The number of hydrogen-bond donors (Lipinski definition) is 1. The van der Waals surface area contributed by atoms with Gasteiger partial charge in [0.1, 0.15) is 5.75 Å². The molecule has 2 unspecified atom stereocenters. The highest BCUT2D eigenvalue weighted by atomic mass is 32.1. The SMILES string of the molecule is COc1ccc(N2CCN(C(c3cccs3)C(C)NC(=O)c3cc(OC)c(OC)c(OC)c3)CC2)cc1. The molecule has 0 bridgehead atoms.